The van der Waals surface area contributed by atoms with Crippen LogP contribution in [-0.2, 0) is 11.2 Å². The average Bonchev–Trinajstić information content (AvgIpc) is 2.48. The van der Waals surface area contributed by atoms with E-state index in [1.54, 1.807) is 12.1 Å². The molecule has 19 heavy (non-hydrogen) atoms. The maximum Gasteiger partial charge on any atom is 0.220 e. The van der Waals surface area contributed by atoms with E-state index in [0.29, 0.717) is 12.0 Å². The highest BCUT2D eigenvalue weighted by Gasteiger charge is 2.15. The standard InChI is InChI=1S/C16H14O2S/c17-12-15(11-13-7-3-1-4-8-13)19-16(18)14-9-5-2-6-10-14/h1-10,12,15H,11H2. The smallest absolute Gasteiger partial charge is 0.220 e. The predicted molar refractivity (Wildman–Crippen MR) is 78.4 cm³/mol. The Morgan fingerprint density at radius 2 is 1.58 bits per heavy atom. The zero-order chi connectivity index (χ0) is 13.5. The zero-order valence-corrected chi connectivity index (χ0v) is 11.2. The summed E-state index contributed by atoms with van der Waals surface area (Å²) in [6.45, 7) is 0. The number of benzene rings is 2. The van der Waals surface area contributed by atoms with Gasteiger partial charge in [0, 0.05) is 5.56 Å². The van der Waals surface area contributed by atoms with Crippen molar-refractivity contribution in [1.29, 1.82) is 0 Å². The van der Waals surface area contributed by atoms with E-state index >= 15 is 0 Å². The molecule has 96 valence electrons. The Morgan fingerprint density at radius 3 is 2.16 bits per heavy atom. The number of rotatable bonds is 5. The van der Waals surface area contributed by atoms with Gasteiger partial charge < -0.3 is 4.79 Å². The largest absolute Gasteiger partial charge is 0.302 e. The van der Waals surface area contributed by atoms with Gasteiger partial charge in [0.2, 0.25) is 5.12 Å². The predicted octanol–water partition coefficient (Wildman–Crippen LogP) is 3.37. The summed E-state index contributed by atoms with van der Waals surface area (Å²) in [6.07, 6.45) is 1.42. The lowest BCUT2D eigenvalue weighted by Crippen LogP contribution is -2.12. The van der Waals surface area contributed by atoms with Crippen LogP contribution in [0.4, 0.5) is 0 Å². The van der Waals surface area contributed by atoms with E-state index in [1.165, 1.54) is 0 Å². The Hall–Kier alpha value is -1.87. The molecule has 3 heteroatoms. The van der Waals surface area contributed by atoms with Crippen molar-refractivity contribution < 1.29 is 9.59 Å². The second-order valence-corrected chi connectivity index (χ2v) is 5.35. The number of hydrogen-bond donors (Lipinski definition) is 0. The third kappa shape index (κ3) is 4.07. The first-order chi connectivity index (χ1) is 9.29. The first kappa shape index (κ1) is 13.6. The normalized spacial score (nSPS) is 11.8. The number of hydrogen-bond acceptors (Lipinski definition) is 3. The summed E-state index contributed by atoms with van der Waals surface area (Å²) in [5, 5.41) is -0.399. The van der Waals surface area contributed by atoms with E-state index in [1.807, 2.05) is 48.5 Å². The Morgan fingerprint density at radius 1 is 1.00 bits per heavy atom. The third-order valence-corrected chi connectivity index (χ3v) is 3.73. The van der Waals surface area contributed by atoms with Gasteiger partial charge in [0.1, 0.15) is 6.29 Å². The molecule has 0 aliphatic rings. The molecule has 0 saturated carbocycles. The van der Waals surface area contributed by atoms with Gasteiger partial charge in [-0.1, -0.05) is 72.4 Å². The minimum Gasteiger partial charge on any atom is -0.302 e. The number of carbonyl (C=O) groups is 2. The molecule has 0 bridgehead atoms. The summed E-state index contributed by atoms with van der Waals surface area (Å²) >= 11 is 1.09. The van der Waals surface area contributed by atoms with E-state index in [2.05, 4.69) is 0 Å². The second-order valence-electron chi connectivity index (χ2n) is 4.14. The second kappa shape index (κ2) is 6.90. The van der Waals surface area contributed by atoms with Crippen LogP contribution in [0.3, 0.4) is 0 Å². The summed E-state index contributed by atoms with van der Waals surface area (Å²) in [5.74, 6) is 0. The monoisotopic (exact) mass is 270 g/mol. The van der Waals surface area contributed by atoms with Gasteiger partial charge in [-0.3, -0.25) is 4.79 Å². The highest BCUT2D eigenvalue weighted by atomic mass is 32.2. The van der Waals surface area contributed by atoms with Gasteiger partial charge in [-0.2, -0.15) is 0 Å². The topological polar surface area (TPSA) is 34.1 Å². The van der Waals surface area contributed by atoms with Crippen LogP contribution in [0.15, 0.2) is 60.7 Å². The van der Waals surface area contributed by atoms with Gasteiger partial charge >= 0.3 is 0 Å². The van der Waals surface area contributed by atoms with Gasteiger partial charge in [0.25, 0.3) is 0 Å². The molecule has 2 aromatic rings. The van der Waals surface area contributed by atoms with E-state index in [-0.39, 0.29) is 10.4 Å². The molecule has 1 unspecified atom stereocenters. The Balaban J connectivity index is 2.00. The Kier molecular flexibility index (Phi) is 4.93. The molecule has 0 spiro atoms. The van der Waals surface area contributed by atoms with Crippen molar-refractivity contribution in [3.05, 3.63) is 71.8 Å². The molecule has 2 nitrogen and oxygen atoms in total. The fraction of sp³-hybridized carbons (Fsp3) is 0.125. The van der Waals surface area contributed by atoms with Crippen LogP contribution in [0.1, 0.15) is 15.9 Å². The molecule has 0 aromatic heterocycles. The molecule has 0 saturated heterocycles. The maximum absolute atomic E-state index is 12.0. The van der Waals surface area contributed by atoms with Crippen molar-refractivity contribution >= 4 is 23.2 Å². The maximum atomic E-state index is 12.0. The fourth-order valence-corrected chi connectivity index (χ4v) is 2.62. The molecule has 0 aliphatic heterocycles. The molecule has 1 atom stereocenters. The summed E-state index contributed by atoms with van der Waals surface area (Å²) in [4.78, 5) is 23.1. The molecular weight excluding hydrogens is 256 g/mol. The van der Waals surface area contributed by atoms with Crippen molar-refractivity contribution in [2.45, 2.75) is 11.7 Å². The van der Waals surface area contributed by atoms with Gasteiger partial charge in [0.15, 0.2) is 0 Å². The summed E-state index contributed by atoms with van der Waals surface area (Å²) in [7, 11) is 0. The Bertz CT molecular complexity index is 537. The van der Waals surface area contributed by atoms with Crippen LogP contribution in [0.2, 0.25) is 0 Å². The lowest BCUT2D eigenvalue weighted by atomic mass is 10.1. The first-order valence-corrected chi connectivity index (χ1v) is 6.93. The highest BCUT2D eigenvalue weighted by Crippen LogP contribution is 2.20. The average molecular weight is 270 g/mol. The van der Waals surface area contributed by atoms with Crippen LogP contribution < -0.4 is 0 Å². The minimum atomic E-state index is -0.338. The molecule has 2 rings (SSSR count). The van der Waals surface area contributed by atoms with E-state index in [9.17, 15) is 9.59 Å². The van der Waals surface area contributed by atoms with Crippen LogP contribution >= 0.6 is 11.8 Å². The van der Waals surface area contributed by atoms with Crippen LogP contribution in [0, 0.1) is 0 Å². The summed E-state index contributed by atoms with van der Waals surface area (Å²) < 4.78 is 0. The van der Waals surface area contributed by atoms with Crippen LogP contribution in [0.25, 0.3) is 0 Å². The zero-order valence-electron chi connectivity index (χ0n) is 10.4. The van der Waals surface area contributed by atoms with Crippen LogP contribution in [-0.4, -0.2) is 16.7 Å². The summed E-state index contributed by atoms with van der Waals surface area (Å²) in [5.41, 5.74) is 1.69. The van der Waals surface area contributed by atoms with E-state index in [0.717, 1.165) is 23.6 Å². The summed E-state index contributed by atoms with van der Waals surface area (Å²) in [6, 6.07) is 18.8. The van der Waals surface area contributed by atoms with Gasteiger partial charge in [0.05, 0.1) is 5.25 Å². The lowest BCUT2D eigenvalue weighted by Gasteiger charge is -2.09. The minimum absolute atomic E-state index is 0.0615. The number of carbonyl (C=O) groups excluding carboxylic acids is 2. The molecule has 0 radical (unpaired) electrons. The SMILES string of the molecule is O=CC(Cc1ccccc1)SC(=O)c1ccccc1. The van der Waals surface area contributed by atoms with Gasteiger partial charge in [-0.05, 0) is 12.0 Å². The van der Waals surface area contributed by atoms with Gasteiger partial charge in [-0.25, -0.2) is 0 Å². The lowest BCUT2D eigenvalue weighted by molar-refractivity contribution is -0.107. The molecule has 0 fully saturated rings. The van der Waals surface area contributed by atoms with Crippen molar-refractivity contribution in [2.24, 2.45) is 0 Å². The quantitative estimate of drug-likeness (QED) is 0.781. The molecular formula is C16H14O2S. The fourth-order valence-electron chi connectivity index (χ4n) is 1.74. The highest BCUT2D eigenvalue weighted by molar-refractivity contribution is 8.15. The molecule has 0 N–H and O–H groups in total. The number of thioether (sulfide) groups is 1. The van der Waals surface area contributed by atoms with Gasteiger partial charge in [-0.15, -0.1) is 0 Å². The van der Waals surface area contributed by atoms with Crippen molar-refractivity contribution in [1.82, 2.24) is 0 Å². The van der Waals surface area contributed by atoms with E-state index < -0.39 is 0 Å². The van der Waals surface area contributed by atoms with Crippen molar-refractivity contribution in [2.75, 3.05) is 0 Å². The van der Waals surface area contributed by atoms with E-state index in [4.69, 9.17) is 0 Å². The molecule has 0 amide bonds. The molecule has 2 aromatic carbocycles. The number of aldehydes is 1. The Labute approximate surface area is 116 Å². The molecule has 0 aliphatic carbocycles. The van der Waals surface area contributed by atoms with Crippen molar-refractivity contribution in [3.8, 4) is 0 Å². The molecule has 0 heterocycles. The van der Waals surface area contributed by atoms with Crippen LogP contribution in [0.5, 0.6) is 0 Å². The first-order valence-electron chi connectivity index (χ1n) is 6.05. The third-order valence-electron chi connectivity index (χ3n) is 2.70. The van der Waals surface area contributed by atoms with Crippen molar-refractivity contribution in [3.63, 3.8) is 0 Å².